The van der Waals surface area contributed by atoms with Gasteiger partial charge in [0.15, 0.2) is 5.13 Å². The number of pyridine rings is 1. The van der Waals surface area contributed by atoms with E-state index in [0.29, 0.717) is 26.8 Å². The first-order valence-electron chi connectivity index (χ1n) is 7.48. The minimum absolute atomic E-state index is 0.200. The zero-order chi connectivity index (χ0) is 16.2. The molecular formula is C16H17ClN4OS. The summed E-state index contributed by atoms with van der Waals surface area (Å²) in [5, 5.41) is 3.29. The zero-order valence-electron chi connectivity index (χ0n) is 12.5. The summed E-state index contributed by atoms with van der Waals surface area (Å²) in [6, 6.07) is 3.52. The number of carbonyl (C=O) groups is 1. The maximum absolute atomic E-state index is 12.7. The Bertz CT molecular complexity index is 720. The molecule has 0 spiro atoms. The molecule has 1 aliphatic carbocycles. The third-order valence-electron chi connectivity index (χ3n) is 3.84. The van der Waals surface area contributed by atoms with Gasteiger partial charge in [0.1, 0.15) is 10.2 Å². The Morgan fingerprint density at radius 1 is 1.30 bits per heavy atom. The molecule has 0 aromatic carbocycles. The van der Waals surface area contributed by atoms with Crippen LogP contribution in [0.4, 0.5) is 10.9 Å². The van der Waals surface area contributed by atoms with Crippen LogP contribution in [-0.2, 0) is 4.79 Å². The molecule has 0 bridgehead atoms. The molecule has 2 aromatic heterocycles. The summed E-state index contributed by atoms with van der Waals surface area (Å²) in [5.41, 5.74) is 7.00. The van der Waals surface area contributed by atoms with Crippen molar-refractivity contribution in [1.29, 1.82) is 0 Å². The average Bonchev–Trinajstić information content (AvgIpc) is 3.17. The Labute approximate surface area is 143 Å². The molecule has 0 unspecified atom stereocenters. The fourth-order valence-corrected chi connectivity index (χ4v) is 3.51. The first kappa shape index (κ1) is 16.0. The summed E-state index contributed by atoms with van der Waals surface area (Å²) in [7, 11) is 0. The van der Waals surface area contributed by atoms with E-state index in [1.165, 1.54) is 30.4 Å². The van der Waals surface area contributed by atoms with Gasteiger partial charge in [-0.1, -0.05) is 41.9 Å². The second kappa shape index (κ2) is 7.10. The molecule has 0 saturated heterocycles. The second-order valence-electron chi connectivity index (χ2n) is 5.52. The van der Waals surface area contributed by atoms with E-state index < -0.39 is 0 Å². The summed E-state index contributed by atoms with van der Waals surface area (Å²) in [4.78, 5) is 20.8. The molecule has 2 heterocycles. The molecule has 0 aliphatic heterocycles. The van der Waals surface area contributed by atoms with Gasteiger partial charge >= 0.3 is 0 Å². The molecule has 7 heteroatoms. The van der Waals surface area contributed by atoms with Crippen molar-refractivity contribution >= 4 is 45.4 Å². The molecule has 1 fully saturated rings. The highest BCUT2D eigenvalue weighted by atomic mass is 35.5. The van der Waals surface area contributed by atoms with Crippen molar-refractivity contribution in [2.24, 2.45) is 5.92 Å². The van der Waals surface area contributed by atoms with E-state index in [-0.39, 0.29) is 5.91 Å². The Morgan fingerprint density at radius 3 is 2.70 bits per heavy atom. The van der Waals surface area contributed by atoms with Crippen LogP contribution in [0.1, 0.15) is 31.2 Å². The van der Waals surface area contributed by atoms with E-state index in [4.69, 9.17) is 17.3 Å². The summed E-state index contributed by atoms with van der Waals surface area (Å²) < 4.78 is 0.538. The lowest BCUT2D eigenvalue weighted by Gasteiger charge is -2.10. The van der Waals surface area contributed by atoms with Crippen molar-refractivity contribution in [3.8, 4) is 0 Å². The van der Waals surface area contributed by atoms with Crippen LogP contribution < -0.4 is 11.1 Å². The van der Waals surface area contributed by atoms with E-state index >= 15 is 0 Å². The van der Waals surface area contributed by atoms with Crippen molar-refractivity contribution in [3.63, 3.8) is 0 Å². The molecule has 23 heavy (non-hydrogen) atoms. The number of nitrogens with zero attached hydrogens (tertiary/aromatic N) is 2. The van der Waals surface area contributed by atoms with E-state index in [9.17, 15) is 4.79 Å². The van der Waals surface area contributed by atoms with Gasteiger partial charge in [0, 0.05) is 17.3 Å². The Kier molecular flexibility index (Phi) is 4.93. The molecule has 0 radical (unpaired) electrons. The van der Waals surface area contributed by atoms with E-state index in [0.717, 1.165) is 18.4 Å². The number of aromatic nitrogens is 2. The summed E-state index contributed by atoms with van der Waals surface area (Å²) in [5.74, 6) is 0.656. The Hall–Kier alpha value is -1.92. The van der Waals surface area contributed by atoms with Crippen molar-refractivity contribution < 1.29 is 4.79 Å². The largest absolute Gasteiger partial charge is 0.384 e. The number of thiazole rings is 1. The first-order valence-corrected chi connectivity index (χ1v) is 8.67. The van der Waals surface area contributed by atoms with Crippen molar-refractivity contribution in [2.75, 3.05) is 11.1 Å². The van der Waals surface area contributed by atoms with Crippen molar-refractivity contribution in [3.05, 3.63) is 40.5 Å². The van der Waals surface area contributed by atoms with E-state index in [1.807, 2.05) is 12.1 Å². The zero-order valence-corrected chi connectivity index (χ0v) is 14.0. The van der Waals surface area contributed by atoms with Gasteiger partial charge in [0.05, 0.1) is 6.20 Å². The molecule has 0 atom stereocenters. The maximum atomic E-state index is 12.7. The van der Waals surface area contributed by atoms with Gasteiger partial charge in [0.2, 0.25) is 0 Å². The van der Waals surface area contributed by atoms with Crippen LogP contribution in [-0.4, -0.2) is 15.9 Å². The van der Waals surface area contributed by atoms with Gasteiger partial charge in [-0.15, -0.1) is 0 Å². The Morgan fingerprint density at radius 2 is 2.09 bits per heavy atom. The summed E-state index contributed by atoms with van der Waals surface area (Å²) >= 11 is 7.09. The second-order valence-corrected chi connectivity index (χ2v) is 7.18. The number of allylic oxidation sites excluding steroid dienone is 1. The highest BCUT2D eigenvalue weighted by Crippen LogP contribution is 2.30. The number of hydrogen-bond acceptors (Lipinski definition) is 5. The molecule has 3 N–H and O–H groups in total. The van der Waals surface area contributed by atoms with Gasteiger partial charge in [0.25, 0.3) is 5.91 Å². The molecule has 3 rings (SSSR count). The standard InChI is InChI=1S/C16H17ClN4OS/c17-13-9-20-16(23-13)21-15(22)12(7-10-3-1-2-4-10)11-5-6-14(18)19-8-11/h5-10H,1-4H2,(H2,18,19)(H,20,21,22)/b12-7+. The molecule has 1 amide bonds. The predicted molar refractivity (Wildman–Crippen MR) is 94.3 cm³/mol. The number of nitrogen functional groups attached to an aromatic ring is 1. The smallest absolute Gasteiger partial charge is 0.257 e. The molecule has 2 aromatic rings. The van der Waals surface area contributed by atoms with Crippen molar-refractivity contribution in [2.45, 2.75) is 25.7 Å². The Balaban J connectivity index is 1.87. The lowest BCUT2D eigenvalue weighted by molar-refractivity contribution is -0.111. The van der Waals surface area contributed by atoms with E-state index in [2.05, 4.69) is 15.3 Å². The third-order valence-corrected chi connectivity index (χ3v) is 4.87. The van der Waals surface area contributed by atoms with E-state index in [1.54, 1.807) is 12.3 Å². The topological polar surface area (TPSA) is 80.9 Å². The van der Waals surface area contributed by atoms with Crippen molar-refractivity contribution in [1.82, 2.24) is 9.97 Å². The number of hydrogen-bond donors (Lipinski definition) is 2. The summed E-state index contributed by atoms with van der Waals surface area (Å²) in [6.07, 6.45) is 9.84. The van der Waals surface area contributed by atoms with Crippen LogP contribution in [0, 0.1) is 5.92 Å². The van der Waals surface area contributed by atoms with Gasteiger partial charge in [-0.2, -0.15) is 0 Å². The normalized spacial score (nSPS) is 15.8. The average molecular weight is 349 g/mol. The monoisotopic (exact) mass is 348 g/mol. The molecule has 120 valence electrons. The SMILES string of the molecule is Nc1ccc(/C(=C\C2CCCC2)C(=O)Nc2ncc(Cl)s2)cn1. The van der Waals surface area contributed by atoms with Crippen LogP contribution in [0.15, 0.2) is 30.6 Å². The highest BCUT2D eigenvalue weighted by Gasteiger charge is 2.19. The molecular weight excluding hydrogens is 332 g/mol. The number of nitrogens with two attached hydrogens (primary N) is 1. The molecule has 5 nitrogen and oxygen atoms in total. The first-order chi connectivity index (χ1) is 11.1. The minimum atomic E-state index is -0.200. The number of carbonyl (C=O) groups excluding carboxylic acids is 1. The third kappa shape index (κ3) is 4.09. The minimum Gasteiger partial charge on any atom is -0.384 e. The maximum Gasteiger partial charge on any atom is 0.257 e. The number of amides is 1. The van der Waals surface area contributed by atoms with Crippen LogP contribution in [0.3, 0.4) is 0 Å². The highest BCUT2D eigenvalue weighted by molar-refractivity contribution is 7.19. The van der Waals surface area contributed by atoms with Gasteiger partial charge < -0.3 is 5.73 Å². The van der Waals surface area contributed by atoms with Crippen LogP contribution in [0.2, 0.25) is 4.34 Å². The van der Waals surface area contributed by atoms with Crippen LogP contribution in [0.25, 0.3) is 5.57 Å². The molecule has 1 aliphatic rings. The number of nitrogens with one attached hydrogen (secondary N) is 1. The van der Waals surface area contributed by atoms with Crippen LogP contribution in [0.5, 0.6) is 0 Å². The fraction of sp³-hybridized carbons (Fsp3) is 0.312. The summed E-state index contributed by atoms with van der Waals surface area (Å²) in [6.45, 7) is 0. The number of halogens is 1. The lowest BCUT2D eigenvalue weighted by atomic mass is 9.99. The van der Waals surface area contributed by atoms with Gasteiger partial charge in [-0.05, 0) is 30.9 Å². The lowest BCUT2D eigenvalue weighted by Crippen LogP contribution is -2.14. The van der Waals surface area contributed by atoms with Gasteiger partial charge in [-0.3, -0.25) is 10.1 Å². The fourth-order valence-electron chi connectivity index (χ4n) is 2.70. The van der Waals surface area contributed by atoms with Gasteiger partial charge in [-0.25, -0.2) is 9.97 Å². The van der Waals surface area contributed by atoms with Crippen LogP contribution >= 0.6 is 22.9 Å². The predicted octanol–water partition coefficient (Wildman–Crippen LogP) is 3.99. The number of rotatable bonds is 4. The quantitative estimate of drug-likeness (QED) is 0.819. The molecule has 1 saturated carbocycles. The number of anilines is 2.